The second-order valence-corrected chi connectivity index (χ2v) is 5.32. The molecule has 2 atom stereocenters. The van der Waals surface area contributed by atoms with Crippen molar-refractivity contribution in [2.75, 3.05) is 6.54 Å². The molecule has 3 N–H and O–H groups in total. The van der Waals surface area contributed by atoms with Crippen LogP contribution in [-0.4, -0.2) is 22.2 Å². The van der Waals surface area contributed by atoms with E-state index in [1.807, 2.05) is 18.2 Å². The maximum atomic E-state index is 12.0. The van der Waals surface area contributed by atoms with Crippen LogP contribution in [0.1, 0.15) is 36.4 Å². The summed E-state index contributed by atoms with van der Waals surface area (Å²) in [5.74, 6) is 0.240. The Morgan fingerprint density at radius 2 is 2.05 bits per heavy atom. The Kier molecular flexibility index (Phi) is 5.11. The Balaban J connectivity index is 1.79. The van der Waals surface area contributed by atoms with Crippen LogP contribution < -0.4 is 11.1 Å². The monoisotopic (exact) mass is 286 g/mol. The summed E-state index contributed by atoms with van der Waals surface area (Å²) in [5.41, 5.74) is 7.92. The number of nitrogens with one attached hydrogen (secondary N) is 1. The van der Waals surface area contributed by atoms with Gasteiger partial charge in [-0.3, -0.25) is 9.48 Å². The molecular formula is C16H22N4O. The Hall–Kier alpha value is -2.14. The molecule has 0 aliphatic carbocycles. The molecule has 2 rings (SSSR count). The summed E-state index contributed by atoms with van der Waals surface area (Å²) in [5, 5.41) is 6.91. The number of hydrogen-bond donors (Lipinski definition) is 2. The van der Waals surface area contributed by atoms with Crippen molar-refractivity contribution < 1.29 is 4.79 Å². The molecule has 0 saturated carbocycles. The second kappa shape index (κ2) is 7.04. The summed E-state index contributed by atoms with van der Waals surface area (Å²) < 4.78 is 1.64. The van der Waals surface area contributed by atoms with Crippen molar-refractivity contribution >= 4 is 5.91 Å². The Bertz CT molecular complexity index is 579. The van der Waals surface area contributed by atoms with Gasteiger partial charge >= 0.3 is 0 Å². The van der Waals surface area contributed by atoms with Crippen LogP contribution in [0.15, 0.2) is 42.7 Å². The number of aryl methyl sites for hydroxylation is 1. The van der Waals surface area contributed by atoms with Crippen molar-refractivity contribution in [1.29, 1.82) is 0 Å². The van der Waals surface area contributed by atoms with E-state index in [9.17, 15) is 4.79 Å². The highest BCUT2D eigenvalue weighted by Crippen LogP contribution is 2.17. The first-order valence-electron chi connectivity index (χ1n) is 7.14. The van der Waals surface area contributed by atoms with E-state index in [2.05, 4.69) is 29.5 Å². The lowest BCUT2D eigenvalue weighted by atomic mass is 9.98. The van der Waals surface area contributed by atoms with Gasteiger partial charge in [-0.25, -0.2) is 0 Å². The normalized spacial score (nSPS) is 13.7. The van der Waals surface area contributed by atoms with Gasteiger partial charge in [0.15, 0.2) is 0 Å². The highest BCUT2D eigenvalue weighted by atomic mass is 16.2. The zero-order valence-corrected chi connectivity index (χ0v) is 12.5. The lowest BCUT2D eigenvalue weighted by Gasteiger charge is -2.14. The number of carbonyl (C=O) groups excluding carboxylic acids is 1. The van der Waals surface area contributed by atoms with Gasteiger partial charge in [-0.1, -0.05) is 37.3 Å². The molecule has 2 unspecified atom stereocenters. The smallest absolute Gasteiger partial charge is 0.241 e. The summed E-state index contributed by atoms with van der Waals surface area (Å²) in [4.78, 5) is 12.0. The van der Waals surface area contributed by atoms with Gasteiger partial charge in [0.2, 0.25) is 5.91 Å². The predicted molar refractivity (Wildman–Crippen MR) is 82.6 cm³/mol. The predicted octanol–water partition coefficient (Wildman–Crippen LogP) is 1.73. The van der Waals surface area contributed by atoms with Gasteiger partial charge in [0.1, 0.15) is 6.04 Å². The van der Waals surface area contributed by atoms with E-state index in [-0.39, 0.29) is 5.91 Å². The number of nitrogens with two attached hydrogens (primary N) is 1. The van der Waals surface area contributed by atoms with E-state index in [0.29, 0.717) is 12.5 Å². The van der Waals surface area contributed by atoms with Crippen molar-refractivity contribution in [2.45, 2.75) is 25.3 Å². The molecule has 1 aromatic heterocycles. The van der Waals surface area contributed by atoms with E-state index < -0.39 is 6.04 Å². The van der Waals surface area contributed by atoms with Gasteiger partial charge in [-0.05, 0) is 17.9 Å². The number of benzene rings is 1. The van der Waals surface area contributed by atoms with Crippen LogP contribution in [0.25, 0.3) is 0 Å². The number of aromatic nitrogens is 2. The third kappa shape index (κ3) is 4.16. The molecular weight excluding hydrogens is 264 g/mol. The van der Waals surface area contributed by atoms with Crippen molar-refractivity contribution in [1.82, 2.24) is 15.1 Å². The fourth-order valence-electron chi connectivity index (χ4n) is 2.22. The first kappa shape index (κ1) is 15.3. The fraction of sp³-hybridized carbons (Fsp3) is 0.375. The molecule has 2 aromatic rings. The van der Waals surface area contributed by atoms with Gasteiger partial charge in [-0.2, -0.15) is 5.10 Å². The highest BCUT2D eigenvalue weighted by molar-refractivity contribution is 5.82. The van der Waals surface area contributed by atoms with E-state index in [0.717, 1.165) is 12.0 Å². The molecule has 0 aliphatic heterocycles. The van der Waals surface area contributed by atoms with Crippen LogP contribution in [0.4, 0.5) is 0 Å². The quantitative estimate of drug-likeness (QED) is 0.849. The molecule has 5 heteroatoms. The van der Waals surface area contributed by atoms with Gasteiger partial charge in [-0.15, -0.1) is 0 Å². The van der Waals surface area contributed by atoms with E-state index >= 15 is 0 Å². The Labute approximate surface area is 125 Å². The van der Waals surface area contributed by atoms with Crippen LogP contribution in [0.3, 0.4) is 0 Å². The molecule has 112 valence electrons. The molecule has 5 nitrogen and oxygen atoms in total. The Morgan fingerprint density at radius 3 is 2.67 bits per heavy atom. The molecule has 0 aliphatic rings. The summed E-state index contributed by atoms with van der Waals surface area (Å²) in [6.45, 7) is 2.77. The van der Waals surface area contributed by atoms with Crippen molar-refractivity contribution in [3.8, 4) is 0 Å². The highest BCUT2D eigenvalue weighted by Gasteiger charge is 2.17. The first-order valence-corrected chi connectivity index (χ1v) is 7.14. The molecule has 0 radical (unpaired) electrons. The molecule has 21 heavy (non-hydrogen) atoms. The largest absolute Gasteiger partial charge is 0.354 e. The number of rotatable bonds is 6. The first-order chi connectivity index (χ1) is 10.1. The van der Waals surface area contributed by atoms with Gasteiger partial charge in [0.05, 0.1) is 6.20 Å². The molecule has 0 fully saturated rings. The molecule has 0 saturated heterocycles. The topological polar surface area (TPSA) is 72.9 Å². The van der Waals surface area contributed by atoms with Crippen molar-refractivity contribution in [3.05, 3.63) is 53.9 Å². The zero-order valence-electron chi connectivity index (χ0n) is 12.5. The molecule has 1 heterocycles. The third-order valence-electron chi connectivity index (χ3n) is 3.61. The standard InChI is InChI=1S/C16H22N4O/c1-12(13-6-4-3-5-7-13)8-9-18-16(21)15(17)14-10-19-20(2)11-14/h3-7,10-12,15H,8-9,17H2,1-2H3,(H,18,21). The number of hydrogen-bond acceptors (Lipinski definition) is 3. The van der Waals surface area contributed by atoms with Crippen LogP contribution in [0, 0.1) is 0 Å². The van der Waals surface area contributed by atoms with Crippen LogP contribution in [-0.2, 0) is 11.8 Å². The van der Waals surface area contributed by atoms with E-state index in [4.69, 9.17) is 5.73 Å². The van der Waals surface area contributed by atoms with E-state index in [1.54, 1.807) is 24.1 Å². The van der Waals surface area contributed by atoms with Gasteiger partial charge in [0.25, 0.3) is 0 Å². The van der Waals surface area contributed by atoms with E-state index in [1.165, 1.54) is 5.56 Å². The molecule has 1 aromatic carbocycles. The fourth-order valence-corrected chi connectivity index (χ4v) is 2.22. The number of nitrogens with zero attached hydrogens (tertiary/aromatic N) is 2. The minimum absolute atomic E-state index is 0.164. The van der Waals surface area contributed by atoms with Crippen LogP contribution in [0.2, 0.25) is 0 Å². The zero-order chi connectivity index (χ0) is 15.2. The van der Waals surface area contributed by atoms with Crippen LogP contribution >= 0.6 is 0 Å². The minimum Gasteiger partial charge on any atom is -0.354 e. The maximum absolute atomic E-state index is 12.0. The van der Waals surface area contributed by atoms with Crippen LogP contribution in [0.5, 0.6) is 0 Å². The third-order valence-corrected chi connectivity index (χ3v) is 3.61. The molecule has 0 bridgehead atoms. The van der Waals surface area contributed by atoms with Gasteiger partial charge < -0.3 is 11.1 Å². The van der Waals surface area contributed by atoms with Crippen molar-refractivity contribution in [3.63, 3.8) is 0 Å². The lowest BCUT2D eigenvalue weighted by Crippen LogP contribution is -2.34. The number of amides is 1. The SMILES string of the molecule is CC(CCNC(=O)C(N)c1cnn(C)c1)c1ccccc1. The summed E-state index contributed by atoms with van der Waals surface area (Å²) in [6, 6.07) is 9.61. The Morgan fingerprint density at radius 1 is 1.33 bits per heavy atom. The summed E-state index contributed by atoms with van der Waals surface area (Å²) in [7, 11) is 1.80. The van der Waals surface area contributed by atoms with Crippen molar-refractivity contribution in [2.24, 2.45) is 12.8 Å². The number of carbonyl (C=O) groups is 1. The lowest BCUT2D eigenvalue weighted by molar-refractivity contribution is -0.122. The summed E-state index contributed by atoms with van der Waals surface area (Å²) >= 11 is 0. The average molecular weight is 286 g/mol. The molecule has 0 spiro atoms. The average Bonchev–Trinajstić information content (AvgIpc) is 2.93. The maximum Gasteiger partial charge on any atom is 0.241 e. The minimum atomic E-state index is -0.661. The second-order valence-electron chi connectivity index (χ2n) is 5.32. The molecule has 1 amide bonds. The summed E-state index contributed by atoms with van der Waals surface area (Å²) in [6.07, 6.45) is 4.27. The van der Waals surface area contributed by atoms with Gasteiger partial charge in [0, 0.05) is 25.4 Å².